The highest BCUT2D eigenvalue weighted by Gasteiger charge is 2.18. The molecule has 0 aliphatic carbocycles. The summed E-state index contributed by atoms with van der Waals surface area (Å²) < 4.78 is 7.16. The van der Waals surface area contributed by atoms with Crippen LogP contribution in [0.2, 0.25) is 0 Å². The third kappa shape index (κ3) is 3.37. The number of carbonyl (C=O) groups is 1. The lowest BCUT2D eigenvalue weighted by atomic mass is 10.2. The molecule has 4 aromatic rings. The average Bonchev–Trinajstić information content (AvgIpc) is 3.28. The molecule has 0 aliphatic heterocycles. The maximum Gasteiger partial charge on any atom is 0.348 e. The smallest absolute Gasteiger partial charge is 0.348 e. The number of nitrogens with zero attached hydrogens (tertiary/aromatic N) is 3. The molecular weight excluding hydrogens is 378 g/mol. The van der Waals surface area contributed by atoms with Crippen LogP contribution in [0.4, 0.5) is 5.69 Å². The van der Waals surface area contributed by atoms with Gasteiger partial charge < -0.3 is 4.74 Å². The summed E-state index contributed by atoms with van der Waals surface area (Å²) in [6.07, 6.45) is 0. The lowest BCUT2D eigenvalue weighted by Gasteiger charge is -2.04. The van der Waals surface area contributed by atoms with Crippen LogP contribution >= 0.6 is 11.3 Å². The minimum Gasteiger partial charge on any atom is -0.457 e. The Hall–Kier alpha value is -3.52. The number of carbonyl (C=O) groups excluding carboxylic acids is 1. The van der Waals surface area contributed by atoms with Crippen LogP contribution in [0, 0.1) is 17.0 Å². The number of thiophene rings is 1. The monoisotopic (exact) mass is 393 g/mol. The van der Waals surface area contributed by atoms with Crippen molar-refractivity contribution in [3.05, 3.63) is 86.9 Å². The number of nitro benzene ring substituents is 1. The van der Waals surface area contributed by atoms with Crippen LogP contribution < -0.4 is 0 Å². The van der Waals surface area contributed by atoms with Gasteiger partial charge in [0.25, 0.3) is 5.69 Å². The Labute approximate surface area is 163 Å². The number of ether oxygens (including phenoxy) is 1. The molecule has 0 amide bonds. The van der Waals surface area contributed by atoms with E-state index in [2.05, 4.69) is 5.10 Å². The second-order valence-corrected chi connectivity index (χ2v) is 7.20. The number of aromatic nitrogens is 2. The minimum absolute atomic E-state index is 0.0292. The molecule has 0 aliphatic rings. The maximum absolute atomic E-state index is 12.5. The highest BCUT2D eigenvalue weighted by molar-refractivity contribution is 7.20. The van der Waals surface area contributed by atoms with Crippen LogP contribution in [0.5, 0.6) is 0 Å². The topological polar surface area (TPSA) is 87.3 Å². The van der Waals surface area contributed by atoms with E-state index in [4.69, 9.17) is 4.74 Å². The number of nitro groups is 1. The number of rotatable bonds is 5. The molecule has 0 atom stereocenters. The molecule has 2 aromatic carbocycles. The van der Waals surface area contributed by atoms with Crippen molar-refractivity contribution in [3.63, 3.8) is 0 Å². The Morgan fingerprint density at radius 2 is 1.96 bits per heavy atom. The summed E-state index contributed by atoms with van der Waals surface area (Å²) in [6, 6.07) is 17.5. The number of non-ortho nitro benzene ring substituents is 1. The number of hydrogen-bond donors (Lipinski definition) is 0. The van der Waals surface area contributed by atoms with Gasteiger partial charge in [0, 0.05) is 17.5 Å². The summed E-state index contributed by atoms with van der Waals surface area (Å²) in [7, 11) is 0. The fourth-order valence-corrected chi connectivity index (χ4v) is 3.95. The third-order valence-electron chi connectivity index (χ3n) is 4.24. The van der Waals surface area contributed by atoms with E-state index < -0.39 is 10.9 Å². The normalized spacial score (nSPS) is 10.9. The molecule has 0 fully saturated rings. The SMILES string of the molecule is Cc1nn(-c2ccccc2)c2sc(C(=O)OCc3cccc([N+](=O)[O-])c3)cc12. The first-order valence-electron chi connectivity index (χ1n) is 8.48. The van der Waals surface area contributed by atoms with Gasteiger partial charge in [-0.25, -0.2) is 9.48 Å². The van der Waals surface area contributed by atoms with Gasteiger partial charge in [0.2, 0.25) is 0 Å². The molecule has 28 heavy (non-hydrogen) atoms. The highest BCUT2D eigenvalue weighted by atomic mass is 32.1. The molecule has 7 nitrogen and oxygen atoms in total. The lowest BCUT2D eigenvalue weighted by molar-refractivity contribution is -0.384. The van der Waals surface area contributed by atoms with Gasteiger partial charge in [-0.15, -0.1) is 11.3 Å². The molecule has 2 aromatic heterocycles. The average molecular weight is 393 g/mol. The van der Waals surface area contributed by atoms with Crippen LogP contribution in [0.1, 0.15) is 20.9 Å². The van der Waals surface area contributed by atoms with Crippen molar-refractivity contribution in [2.24, 2.45) is 0 Å². The van der Waals surface area contributed by atoms with E-state index in [1.54, 1.807) is 18.2 Å². The molecule has 4 rings (SSSR count). The van der Waals surface area contributed by atoms with E-state index in [1.165, 1.54) is 23.5 Å². The van der Waals surface area contributed by atoms with Crippen molar-refractivity contribution in [1.29, 1.82) is 0 Å². The van der Waals surface area contributed by atoms with Gasteiger partial charge in [0.1, 0.15) is 16.3 Å². The molecular formula is C20H15N3O4S. The quantitative estimate of drug-likeness (QED) is 0.280. The summed E-state index contributed by atoms with van der Waals surface area (Å²) in [4.78, 5) is 24.2. The fraction of sp³-hybridized carbons (Fsp3) is 0.100. The van der Waals surface area contributed by atoms with Crippen LogP contribution in [0.25, 0.3) is 15.9 Å². The first-order chi connectivity index (χ1) is 13.5. The number of fused-ring (bicyclic) bond motifs is 1. The number of benzene rings is 2. The van der Waals surface area contributed by atoms with Gasteiger partial charge in [-0.3, -0.25) is 10.1 Å². The Kier molecular flexibility index (Phi) is 4.62. The van der Waals surface area contributed by atoms with Gasteiger partial charge >= 0.3 is 5.97 Å². The summed E-state index contributed by atoms with van der Waals surface area (Å²) in [5.74, 6) is -0.466. The second kappa shape index (κ2) is 7.24. The first-order valence-corrected chi connectivity index (χ1v) is 9.29. The summed E-state index contributed by atoms with van der Waals surface area (Å²) in [5, 5.41) is 16.3. The molecule has 0 spiro atoms. The van der Waals surface area contributed by atoms with E-state index in [0.29, 0.717) is 10.4 Å². The van der Waals surface area contributed by atoms with E-state index in [-0.39, 0.29) is 12.3 Å². The number of hydrogen-bond acceptors (Lipinski definition) is 6. The predicted molar refractivity (Wildman–Crippen MR) is 106 cm³/mol. The standard InChI is InChI=1S/C20H15N3O4S/c1-13-17-11-18(28-19(17)22(21-13)15-7-3-2-4-8-15)20(24)27-12-14-6-5-9-16(10-14)23(25)26/h2-11H,12H2,1H3. The van der Waals surface area contributed by atoms with E-state index in [9.17, 15) is 14.9 Å². The van der Waals surface area contributed by atoms with Crippen LogP contribution in [0.3, 0.4) is 0 Å². The lowest BCUT2D eigenvalue weighted by Crippen LogP contribution is -2.03. The Balaban J connectivity index is 1.57. The van der Waals surface area contributed by atoms with Crippen LogP contribution in [-0.4, -0.2) is 20.7 Å². The summed E-state index contributed by atoms with van der Waals surface area (Å²) >= 11 is 1.31. The molecule has 2 heterocycles. The van der Waals surface area contributed by atoms with E-state index in [1.807, 2.05) is 41.9 Å². The molecule has 0 bridgehead atoms. The molecule has 140 valence electrons. The van der Waals surface area contributed by atoms with E-state index in [0.717, 1.165) is 21.6 Å². The van der Waals surface area contributed by atoms with Crippen molar-refractivity contribution in [2.75, 3.05) is 0 Å². The fourth-order valence-electron chi connectivity index (χ4n) is 2.87. The summed E-state index contributed by atoms with van der Waals surface area (Å²) in [5.41, 5.74) is 2.27. The minimum atomic E-state index is -0.477. The predicted octanol–water partition coefficient (Wildman–Crippen LogP) is 4.66. The van der Waals surface area contributed by atoms with Crippen molar-refractivity contribution in [2.45, 2.75) is 13.5 Å². The van der Waals surface area contributed by atoms with Crippen molar-refractivity contribution < 1.29 is 14.5 Å². The Bertz CT molecular complexity index is 1180. The zero-order valence-corrected chi connectivity index (χ0v) is 15.7. The van der Waals surface area contributed by atoms with Gasteiger partial charge in [0.15, 0.2) is 0 Å². The van der Waals surface area contributed by atoms with Gasteiger partial charge in [-0.2, -0.15) is 5.10 Å². The Morgan fingerprint density at radius 1 is 1.18 bits per heavy atom. The molecule has 8 heteroatoms. The van der Waals surface area contributed by atoms with Gasteiger partial charge in [-0.05, 0) is 30.7 Å². The van der Waals surface area contributed by atoms with E-state index >= 15 is 0 Å². The molecule has 0 saturated heterocycles. The second-order valence-electron chi connectivity index (χ2n) is 6.17. The largest absolute Gasteiger partial charge is 0.457 e. The van der Waals surface area contributed by atoms with Crippen molar-refractivity contribution in [1.82, 2.24) is 9.78 Å². The van der Waals surface area contributed by atoms with Crippen molar-refractivity contribution in [3.8, 4) is 5.69 Å². The number of aryl methyl sites for hydroxylation is 1. The van der Waals surface area contributed by atoms with Gasteiger partial charge in [0.05, 0.1) is 16.3 Å². The highest BCUT2D eigenvalue weighted by Crippen LogP contribution is 2.31. The first kappa shape index (κ1) is 17.9. The molecule has 0 N–H and O–H groups in total. The zero-order valence-electron chi connectivity index (χ0n) is 14.9. The van der Waals surface area contributed by atoms with Crippen LogP contribution in [-0.2, 0) is 11.3 Å². The Morgan fingerprint density at radius 3 is 2.71 bits per heavy atom. The summed E-state index contributed by atoms with van der Waals surface area (Å²) in [6.45, 7) is 1.87. The van der Waals surface area contributed by atoms with Gasteiger partial charge in [-0.1, -0.05) is 30.3 Å². The molecule has 0 saturated carbocycles. The third-order valence-corrected chi connectivity index (χ3v) is 5.33. The molecule has 0 radical (unpaired) electrons. The maximum atomic E-state index is 12.5. The number of para-hydroxylation sites is 1. The zero-order chi connectivity index (χ0) is 19.7. The van der Waals surface area contributed by atoms with Crippen LogP contribution in [0.15, 0.2) is 60.7 Å². The molecule has 0 unspecified atom stereocenters. The van der Waals surface area contributed by atoms with Crippen molar-refractivity contribution >= 4 is 33.2 Å². The number of esters is 1.